The summed E-state index contributed by atoms with van der Waals surface area (Å²) in [4.78, 5) is 28.0. The number of fused-ring (bicyclic) bond motifs is 4. The van der Waals surface area contributed by atoms with Gasteiger partial charge in [-0.2, -0.15) is 0 Å². The molecule has 2 bridgehead atoms. The molecular formula is C25H21N3O5S. The summed E-state index contributed by atoms with van der Waals surface area (Å²) in [6.45, 7) is 1.93. The highest BCUT2D eigenvalue weighted by molar-refractivity contribution is 7.80. The predicted molar refractivity (Wildman–Crippen MR) is 130 cm³/mol. The van der Waals surface area contributed by atoms with Crippen LogP contribution in [0.25, 0.3) is 0 Å². The number of nitro groups is 1. The lowest BCUT2D eigenvalue weighted by Crippen LogP contribution is -2.67. The standard InChI is InChI=1S/C25H21N3O5S/c1-25-15-20(19-12-7-13-21(32-2)22(19)33-25)26(24(34)27(25)17-9-4-3-5-10-17)23(29)16-8-6-11-18(14-16)28(30)31/h3-14,20H,15H2,1-2H3/t20-,25-/m1/s1. The van der Waals surface area contributed by atoms with Gasteiger partial charge in [0.25, 0.3) is 11.6 Å². The first-order chi connectivity index (χ1) is 16.3. The molecule has 0 N–H and O–H groups in total. The Morgan fingerprint density at radius 2 is 1.88 bits per heavy atom. The van der Waals surface area contributed by atoms with E-state index in [1.54, 1.807) is 19.2 Å². The number of hydrogen-bond donors (Lipinski definition) is 0. The molecule has 9 heteroatoms. The van der Waals surface area contributed by atoms with Gasteiger partial charge in [0.2, 0.25) is 0 Å². The lowest BCUT2D eigenvalue weighted by atomic mass is 9.88. The smallest absolute Gasteiger partial charge is 0.270 e. The predicted octanol–water partition coefficient (Wildman–Crippen LogP) is 5.09. The van der Waals surface area contributed by atoms with E-state index in [-0.39, 0.29) is 16.4 Å². The highest BCUT2D eigenvalue weighted by Crippen LogP contribution is 2.52. The molecule has 2 aliphatic heterocycles. The largest absolute Gasteiger partial charge is 0.493 e. The summed E-state index contributed by atoms with van der Waals surface area (Å²) in [7, 11) is 1.57. The second-order valence-electron chi connectivity index (χ2n) is 8.31. The number of non-ortho nitro benzene ring substituents is 1. The highest BCUT2D eigenvalue weighted by atomic mass is 32.1. The number of nitro benzene ring substituents is 1. The van der Waals surface area contributed by atoms with Gasteiger partial charge in [0.05, 0.1) is 18.1 Å². The molecule has 0 aliphatic carbocycles. The molecule has 1 amide bonds. The Morgan fingerprint density at radius 1 is 1.15 bits per heavy atom. The van der Waals surface area contributed by atoms with Crippen LogP contribution in [0.2, 0.25) is 0 Å². The monoisotopic (exact) mass is 475 g/mol. The molecule has 172 valence electrons. The van der Waals surface area contributed by atoms with Gasteiger partial charge in [0, 0.05) is 35.4 Å². The number of methoxy groups -OCH3 is 1. The number of ether oxygens (including phenoxy) is 2. The van der Waals surface area contributed by atoms with Gasteiger partial charge in [0.1, 0.15) is 0 Å². The molecule has 2 heterocycles. The molecule has 0 aromatic heterocycles. The van der Waals surface area contributed by atoms with Crippen LogP contribution in [-0.2, 0) is 0 Å². The quantitative estimate of drug-likeness (QED) is 0.295. The van der Waals surface area contributed by atoms with Gasteiger partial charge in [-0.1, -0.05) is 36.4 Å². The molecule has 1 saturated heterocycles. The molecule has 0 saturated carbocycles. The third kappa shape index (κ3) is 3.36. The normalized spacial score (nSPS) is 20.9. The lowest BCUT2D eigenvalue weighted by Gasteiger charge is -2.55. The number of hydrogen-bond acceptors (Lipinski definition) is 6. The summed E-state index contributed by atoms with van der Waals surface area (Å²) in [6.07, 6.45) is 0.433. The SMILES string of the molecule is COc1cccc2c1O[C@]1(C)C[C@H]2N(C(=O)c2cccc([N+](=O)[O-])c2)C(=S)N1c1ccccc1. The average Bonchev–Trinajstić information content (AvgIpc) is 2.84. The van der Waals surface area contributed by atoms with Crippen LogP contribution in [0.5, 0.6) is 11.5 Å². The van der Waals surface area contributed by atoms with Gasteiger partial charge in [-0.15, -0.1) is 0 Å². The summed E-state index contributed by atoms with van der Waals surface area (Å²) in [5, 5.41) is 11.6. The molecule has 2 aliphatic rings. The summed E-state index contributed by atoms with van der Waals surface area (Å²) in [5.74, 6) is 0.679. The average molecular weight is 476 g/mol. The summed E-state index contributed by atoms with van der Waals surface area (Å²) in [5.41, 5.74) is 0.676. The molecule has 0 radical (unpaired) electrons. The number of carbonyl (C=O) groups is 1. The van der Waals surface area contributed by atoms with Crippen LogP contribution in [0.1, 0.15) is 35.3 Å². The number of anilines is 1. The zero-order chi connectivity index (χ0) is 24.0. The number of carbonyl (C=O) groups excluding carboxylic acids is 1. The summed E-state index contributed by atoms with van der Waals surface area (Å²) >= 11 is 5.89. The second kappa shape index (κ2) is 8.11. The molecular weight excluding hydrogens is 454 g/mol. The van der Waals surface area contributed by atoms with Crippen molar-refractivity contribution in [3.63, 3.8) is 0 Å². The maximum Gasteiger partial charge on any atom is 0.270 e. The van der Waals surface area contributed by atoms with Gasteiger partial charge < -0.3 is 9.47 Å². The number of rotatable bonds is 4. The van der Waals surface area contributed by atoms with Crippen molar-refractivity contribution >= 4 is 34.6 Å². The van der Waals surface area contributed by atoms with E-state index in [9.17, 15) is 14.9 Å². The summed E-state index contributed by atoms with van der Waals surface area (Å²) in [6, 6.07) is 20.2. The maximum absolute atomic E-state index is 13.8. The van der Waals surface area contributed by atoms with E-state index in [1.807, 2.05) is 54.3 Å². The minimum Gasteiger partial charge on any atom is -0.493 e. The van der Waals surface area contributed by atoms with Crippen LogP contribution in [0.15, 0.2) is 72.8 Å². The molecule has 1 fully saturated rings. The Bertz CT molecular complexity index is 1310. The van der Waals surface area contributed by atoms with Crippen LogP contribution < -0.4 is 14.4 Å². The van der Waals surface area contributed by atoms with Gasteiger partial charge >= 0.3 is 0 Å². The van der Waals surface area contributed by atoms with Crippen molar-refractivity contribution in [1.82, 2.24) is 4.90 Å². The Morgan fingerprint density at radius 3 is 2.59 bits per heavy atom. The van der Waals surface area contributed by atoms with Crippen LogP contribution >= 0.6 is 12.2 Å². The van der Waals surface area contributed by atoms with Gasteiger partial charge in [0.15, 0.2) is 22.3 Å². The minimum absolute atomic E-state index is 0.160. The van der Waals surface area contributed by atoms with E-state index < -0.39 is 22.6 Å². The van der Waals surface area contributed by atoms with E-state index in [0.717, 1.165) is 11.3 Å². The Kier molecular flexibility index (Phi) is 5.21. The van der Waals surface area contributed by atoms with Crippen LogP contribution in [0.3, 0.4) is 0 Å². The second-order valence-corrected chi connectivity index (χ2v) is 8.68. The fraction of sp³-hybridized carbons (Fsp3) is 0.200. The van der Waals surface area contributed by atoms with Crippen molar-refractivity contribution < 1.29 is 19.2 Å². The number of para-hydroxylation sites is 2. The Labute approximate surface area is 201 Å². The van der Waals surface area contributed by atoms with Crippen LogP contribution in [-0.4, -0.2) is 33.7 Å². The van der Waals surface area contributed by atoms with E-state index in [1.165, 1.54) is 23.1 Å². The molecule has 8 nitrogen and oxygen atoms in total. The van der Waals surface area contributed by atoms with Crippen molar-refractivity contribution in [2.45, 2.75) is 25.1 Å². The zero-order valence-corrected chi connectivity index (χ0v) is 19.3. The number of benzene rings is 3. The lowest BCUT2D eigenvalue weighted by molar-refractivity contribution is -0.384. The van der Waals surface area contributed by atoms with Gasteiger partial charge in [-0.25, -0.2) is 0 Å². The minimum atomic E-state index is -0.885. The van der Waals surface area contributed by atoms with Crippen molar-refractivity contribution in [2.24, 2.45) is 0 Å². The molecule has 3 aromatic rings. The first-order valence-corrected chi connectivity index (χ1v) is 11.1. The van der Waals surface area contributed by atoms with Crippen molar-refractivity contribution in [3.05, 3.63) is 94.0 Å². The Balaban J connectivity index is 1.69. The topological polar surface area (TPSA) is 85.1 Å². The number of nitrogens with zero attached hydrogens (tertiary/aromatic N) is 3. The molecule has 0 unspecified atom stereocenters. The van der Waals surface area contributed by atoms with Crippen molar-refractivity contribution in [1.29, 1.82) is 0 Å². The van der Waals surface area contributed by atoms with Gasteiger partial charge in [-0.05, 0) is 43.4 Å². The number of thiocarbonyl (C=S) groups is 1. The molecule has 3 aromatic carbocycles. The molecule has 34 heavy (non-hydrogen) atoms. The summed E-state index contributed by atoms with van der Waals surface area (Å²) < 4.78 is 12.1. The zero-order valence-electron chi connectivity index (χ0n) is 18.5. The van der Waals surface area contributed by atoms with Crippen LogP contribution in [0, 0.1) is 10.1 Å². The van der Waals surface area contributed by atoms with E-state index in [4.69, 9.17) is 21.7 Å². The molecule has 2 atom stereocenters. The fourth-order valence-corrected chi connectivity index (χ4v) is 5.20. The first-order valence-electron chi connectivity index (χ1n) is 10.7. The third-order valence-electron chi connectivity index (χ3n) is 6.20. The van der Waals surface area contributed by atoms with Crippen LogP contribution in [0.4, 0.5) is 11.4 Å². The van der Waals surface area contributed by atoms with E-state index in [2.05, 4.69) is 0 Å². The number of amides is 1. The highest BCUT2D eigenvalue weighted by Gasteiger charge is 2.54. The van der Waals surface area contributed by atoms with Gasteiger partial charge in [-0.3, -0.25) is 24.7 Å². The van der Waals surface area contributed by atoms with Crippen molar-refractivity contribution in [2.75, 3.05) is 12.0 Å². The molecule has 5 rings (SSSR count). The van der Waals surface area contributed by atoms with E-state index in [0.29, 0.717) is 17.9 Å². The Hall–Kier alpha value is -3.98. The van der Waals surface area contributed by atoms with Crippen molar-refractivity contribution in [3.8, 4) is 11.5 Å². The molecule has 0 spiro atoms. The maximum atomic E-state index is 13.8. The first kappa shape index (κ1) is 21.8. The fourth-order valence-electron chi connectivity index (χ4n) is 4.69. The van der Waals surface area contributed by atoms with E-state index >= 15 is 0 Å². The third-order valence-corrected chi connectivity index (χ3v) is 6.58.